The molecule has 2 aliphatic heterocycles. The van der Waals surface area contributed by atoms with Gasteiger partial charge in [-0.25, -0.2) is 0 Å². The molecule has 4 rings (SSSR count). The van der Waals surface area contributed by atoms with Gasteiger partial charge in [-0.1, -0.05) is 6.07 Å². The van der Waals surface area contributed by atoms with Crippen LogP contribution in [0.4, 0.5) is 0 Å². The highest BCUT2D eigenvalue weighted by molar-refractivity contribution is 8.01. The fraction of sp³-hybridized carbons (Fsp3) is 0.688. The predicted molar refractivity (Wildman–Crippen MR) is 81.8 cm³/mol. The Bertz CT molecular complexity index is 457. The first-order valence-electron chi connectivity index (χ1n) is 7.69. The van der Waals surface area contributed by atoms with Gasteiger partial charge in [-0.05, 0) is 37.3 Å². The van der Waals surface area contributed by atoms with Crippen molar-refractivity contribution in [3.63, 3.8) is 0 Å². The van der Waals surface area contributed by atoms with Crippen LogP contribution in [0.2, 0.25) is 0 Å². The number of hydrogen-bond acceptors (Lipinski definition) is 4. The van der Waals surface area contributed by atoms with E-state index in [9.17, 15) is 0 Å². The van der Waals surface area contributed by atoms with E-state index in [-0.39, 0.29) is 0 Å². The van der Waals surface area contributed by atoms with Crippen LogP contribution in [0.25, 0.3) is 0 Å². The van der Waals surface area contributed by atoms with Crippen LogP contribution in [0.5, 0.6) is 0 Å². The third-order valence-electron chi connectivity index (χ3n) is 4.57. The molecule has 1 saturated carbocycles. The zero-order chi connectivity index (χ0) is 13.4. The second-order valence-corrected chi connectivity index (χ2v) is 8.05. The average Bonchev–Trinajstić information content (AvgIpc) is 3.17. The van der Waals surface area contributed by atoms with Gasteiger partial charge in [-0.15, -0.1) is 11.8 Å². The lowest BCUT2D eigenvalue weighted by atomic mass is 9.93. The third-order valence-corrected chi connectivity index (χ3v) is 6.15. The van der Waals surface area contributed by atoms with Gasteiger partial charge in [0.05, 0.1) is 11.8 Å². The molecule has 0 radical (unpaired) electrons. The second-order valence-electron chi connectivity index (χ2n) is 6.56. The number of pyridine rings is 1. The van der Waals surface area contributed by atoms with Crippen LogP contribution in [-0.2, 0) is 11.3 Å². The van der Waals surface area contributed by atoms with E-state index in [1.165, 1.54) is 43.8 Å². The summed E-state index contributed by atoms with van der Waals surface area (Å²) in [4.78, 5) is 6.93. The maximum absolute atomic E-state index is 6.06. The molecule has 1 aromatic rings. The normalized spacial score (nSPS) is 28.7. The van der Waals surface area contributed by atoms with Gasteiger partial charge >= 0.3 is 0 Å². The van der Waals surface area contributed by atoms with Crippen molar-refractivity contribution in [2.45, 2.75) is 36.7 Å². The first-order valence-corrected chi connectivity index (χ1v) is 8.68. The molecule has 2 saturated heterocycles. The predicted octanol–water partition coefficient (Wildman–Crippen LogP) is 2.57. The Hall–Kier alpha value is -0.580. The standard InChI is InChI=1S/C16H22N2OS/c1-2-6-17-14(3-1)8-18-11-16(12-18)7-15(10-20-16)19-9-13-4-5-13/h1-3,6,13,15H,4-5,7-12H2/t15-/m0/s1. The zero-order valence-corrected chi connectivity index (χ0v) is 12.6. The molecule has 0 bridgehead atoms. The Balaban J connectivity index is 1.23. The lowest BCUT2D eigenvalue weighted by Gasteiger charge is -2.47. The first kappa shape index (κ1) is 13.1. The lowest BCUT2D eigenvalue weighted by molar-refractivity contribution is 0.0303. The van der Waals surface area contributed by atoms with Crippen molar-refractivity contribution in [2.75, 3.05) is 25.4 Å². The zero-order valence-electron chi connectivity index (χ0n) is 11.8. The van der Waals surface area contributed by atoms with E-state index in [4.69, 9.17) is 4.74 Å². The monoisotopic (exact) mass is 290 g/mol. The van der Waals surface area contributed by atoms with Gasteiger partial charge in [0, 0.05) is 42.9 Å². The summed E-state index contributed by atoms with van der Waals surface area (Å²) in [7, 11) is 0. The molecule has 1 spiro atoms. The van der Waals surface area contributed by atoms with Gasteiger partial charge < -0.3 is 4.74 Å². The molecule has 3 fully saturated rings. The summed E-state index contributed by atoms with van der Waals surface area (Å²) in [5, 5.41) is 0. The molecule has 108 valence electrons. The van der Waals surface area contributed by atoms with E-state index in [1.54, 1.807) is 0 Å². The van der Waals surface area contributed by atoms with E-state index in [0.29, 0.717) is 10.9 Å². The summed E-state index contributed by atoms with van der Waals surface area (Å²) < 4.78 is 6.55. The van der Waals surface area contributed by atoms with Crippen LogP contribution in [0.1, 0.15) is 25.0 Å². The Labute approximate surface area is 125 Å². The molecule has 0 aromatic carbocycles. The summed E-state index contributed by atoms with van der Waals surface area (Å²) in [5.74, 6) is 2.09. The number of ether oxygens (including phenoxy) is 1. The summed E-state index contributed by atoms with van der Waals surface area (Å²) in [6.45, 7) is 4.42. The number of rotatable bonds is 5. The number of hydrogen-bond donors (Lipinski definition) is 0. The van der Waals surface area contributed by atoms with Gasteiger partial charge in [0.1, 0.15) is 0 Å². The number of likely N-dealkylation sites (tertiary alicyclic amines) is 1. The molecule has 0 amide bonds. The lowest BCUT2D eigenvalue weighted by Crippen LogP contribution is -2.58. The van der Waals surface area contributed by atoms with Crippen molar-refractivity contribution in [1.82, 2.24) is 9.88 Å². The molecule has 4 heteroatoms. The van der Waals surface area contributed by atoms with Crippen LogP contribution in [0.3, 0.4) is 0 Å². The molecule has 1 aromatic heterocycles. The third kappa shape index (κ3) is 2.87. The summed E-state index contributed by atoms with van der Waals surface area (Å²) >= 11 is 2.14. The van der Waals surface area contributed by atoms with Gasteiger partial charge in [0.25, 0.3) is 0 Å². The number of aromatic nitrogens is 1. The van der Waals surface area contributed by atoms with Crippen molar-refractivity contribution in [2.24, 2.45) is 5.92 Å². The van der Waals surface area contributed by atoms with E-state index in [1.807, 2.05) is 12.3 Å². The molecule has 3 nitrogen and oxygen atoms in total. The molecular formula is C16H22N2OS. The van der Waals surface area contributed by atoms with Gasteiger partial charge in [0.2, 0.25) is 0 Å². The van der Waals surface area contributed by atoms with Crippen molar-refractivity contribution in [1.29, 1.82) is 0 Å². The molecule has 0 N–H and O–H groups in total. The number of thioether (sulfide) groups is 1. The van der Waals surface area contributed by atoms with Crippen molar-refractivity contribution in [3.8, 4) is 0 Å². The maximum Gasteiger partial charge on any atom is 0.0680 e. The van der Waals surface area contributed by atoms with Crippen molar-refractivity contribution < 1.29 is 4.74 Å². The average molecular weight is 290 g/mol. The quantitative estimate of drug-likeness (QED) is 0.832. The minimum Gasteiger partial charge on any atom is -0.377 e. The Morgan fingerprint density at radius 3 is 3.00 bits per heavy atom. The van der Waals surface area contributed by atoms with Crippen LogP contribution in [0, 0.1) is 5.92 Å². The van der Waals surface area contributed by atoms with Gasteiger partial charge in [-0.2, -0.15) is 0 Å². The van der Waals surface area contributed by atoms with E-state index in [0.717, 1.165) is 19.1 Å². The highest BCUT2D eigenvalue weighted by Gasteiger charge is 2.49. The van der Waals surface area contributed by atoms with Crippen LogP contribution in [-0.4, -0.2) is 46.2 Å². The molecular weight excluding hydrogens is 268 g/mol. The first-order chi connectivity index (χ1) is 9.81. The Morgan fingerprint density at radius 1 is 1.35 bits per heavy atom. The number of nitrogens with zero attached hydrogens (tertiary/aromatic N) is 2. The fourth-order valence-corrected chi connectivity index (χ4v) is 4.89. The highest BCUT2D eigenvalue weighted by atomic mass is 32.2. The molecule has 20 heavy (non-hydrogen) atoms. The molecule has 3 aliphatic rings. The summed E-state index contributed by atoms with van der Waals surface area (Å²) in [5.41, 5.74) is 1.19. The molecule has 3 heterocycles. The summed E-state index contributed by atoms with van der Waals surface area (Å²) in [6, 6.07) is 6.17. The second kappa shape index (κ2) is 5.32. The SMILES string of the molecule is c1ccc(CN2CC3(C[C@H](OCC4CC4)CS3)C2)nc1. The minimum absolute atomic E-state index is 0.489. The van der Waals surface area contributed by atoms with Crippen molar-refractivity contribution in [3.05, 3.63) is 30.1 Å². The topological polar surface area (TPSA) is 25.4 Å². The van der Waals surface area contributed by atoms with Crippen LogP contribution in [0.15, 0.2) is 24.4 Å². The Kier molecular flexibility index (Phi) is 3.49. The Morgan fingerprint density at radius 2 is 2.25 bits per heavy atom. The van der Waals surface area contributed by atoms with E-state index in [2.05, 4.69) is 33.8 Å². The summed E-state index contributed by atoms with van der Waals surface area (Å²) in [6.07, 6.45) is 6.43. The van der Waals surface area contributed by atoms with Gasteiger partial charge in [0.15, 0.2) is 0 Å². The van der Waals surface area contributed by atoms with Crippen LogP contribution < -0.4 is 0 Å². The van der Waals surface area contributed by atoms with E-state index < -0.39 is 0 Å². The molecule has 1 aliphatic carbocycles. The molecule has 1 atom stereocenters. The fourth-order valence-electron chi connectivity index (χ4n) is 3.29. The minimum atomic E-state index is 0.489. The highest BCUT2D eigenvalue weighted by Crippen LogP contribution is 2.46. The largest absolute Gasteiger partial charge is 0.377 e. The smallest absolute Gasteiger partial charge is 0.0680 e. The van der Waals surface area contributed by atoms with Crippen molar-refractivity contribution >= 4 is 11.8 Å². The van der Waals surface area contributed by atoms with Gasteiger partial charge in [-0.3, -0.25) is 9.88 Å². The van der Waals surface area contributed by atoms with E-state index >= 15 is 0 Å². The maximum atomic E-state index is 6.06. The molecule has 0 unspecified atom stereocenters. The van der Waals surface area contributed by atoms with Crippen LogP contribution >= 0.6 is 11.8 Å².